The maximum atomic E-state index is 13.6. The maximum absolute atomic E-state index is 13.6. The van der Waals surface area contributed by atoms with Crippen LogP contribution in [-0.2, 0) is 9.53 Å². The van der Waals surface area contributed by atoms with Crippen LogP contribution in [0.5, 0.6) is 11.5 Å². The first-order valence-corrected chi connectivity index (χ1v) is 10.7. The summed E-state index contributed by atoms with van der Waals surface area (Å²) in [6.45, 7) is 6.80. The van der Waals surface area contributed by atoms with Gasteiger partial charge in [0.15, 0.2) is 11.5 Å². The van der Waals surface area contributed by atoms with E-state index in [4.69, 9.17) is 14.2 Å². The van der Waals surface area contributed by atoms with Gasteiger partial charge in [-0.3, -0.25) is 19.0 Å². The Bertz CT molecular complexity index is 1200. The van der Waals surface area contributed by atoms with Crippen molar-refractivity contribution >= 4 is 11.9 Å². The smallest absolute Gasteiger partial charge is 0.314 e. The van der Waals surface area contributed by atoms with E-state index in [0.29, 0.717) is 35.7 Å². The lowest BCUT2D eigenvalue weighted by Gasteiger charge is -2.54. The molecule has 3 aliphatic rings. The highest BCUT2D eigenvalue weighted by Gasteiger charge is 2.68. The van der Waals surface area contributed by atoms with E-state index in [0.717, 1.165) is 0 Å². The quantitative estimate of drug-likeness (QED) is 0.685. The fraction of sp³-hybridized carbons (Fsp3) is 0.458. The lowest BCUT2D eigenvalue weighted by Crippen LogP contribution is -2.57. The fourth-order valence-electron chi connectivity index (χ4n) is 5.81. The number of hydrogen-bond donors (Lipinski definition) is 0. The van der Waals surface area contributed by atoms with Gasteiger partial charge >= 0.3 is 5.97 Å². The molecular formula is C24H26N2O6. The number of ether oxygens (including phenoxy) is 3. The number of fused-ring (bicyclic) bond motifs is 2. The first-order chi connectivity index (χ1) is 15.2. The number of nitrogens with zero attached hydrogens (tertiary/aromatic N) is 2. The van der Waals surface area contributed by atoms with Crippen molar-refractivity contribution in [1.29, 1.82) is 0 Å². The average Bonchev–Trinajstić information content (AvgIpc) is 3.35. The number of benzene rings is 1. The van der Waals surface area contributed by atoms with Crippen LogP contribution in [0, 0.1) is 23.7 Å². The van der Waals surface area contributed by atoms with Gasteiger partial charge in [-0.1, -0.05) is 13.8 Å². The molecule has 2 atom stereocenters. The normalized spacial score (nSPS) is 24.6. The average molecular weight is 438 g/mol. The minimum atomic E-state index is -0.688. The van der Waals surface area contributed by atoms with Crippen LogP contribution in [0.4, 0.5) is 0 Å². The third kappa shape index (κ3) is 2.78. The Hall–Kier alpha value is -3.29. The van der Waals surface area contributed by atoms with Crippen molar-refractivity contribution in [3.63, 3.8) is 0 Å². The molecule has 1 aromatic carbocycles. The zero-order valence-corrected chi connectivity index (χ0v) is 18.6. The minimum absolute atomic E-state index is 0.00602. The molecule has 168 valence electrons. The summed E-state index contributed by atoms with van der Waals surface area (Å²) in [5.74, 6) is 0.553. The fourth-order valence-corrected chi connectivity index (χ4v) is 5.81. The summed E-state index contributed by atoms with van der Waals surface area (Å²) in [6.07, 6.45) is 2.31. The number of aromatic nitrogens is 1. The van der Waals surface area contributed by atoms with Gasteiger partial charge in [-0.2, -0.15) is 0 Å². The van der Waals surface area contributed by atoms with Crippen LogP contribution in [0.15, 0.2) is 35.3 Å². The number of esters is 1. The Balaban J connectivity index is 1.51. The summed E-state index contributed by atoms with van der Waals surface area (Å²) < 4.78 is 17.3. The number of carbonyl (C=O) groups excluding carboxylic acids is 2. The predicted molar refractivity (Wildman–Crippen MR) is 115 cm³/mol. The second-order valence-corrected chi connectivity index (χ2v) is 9.64. The molecular weight excluding hydrogens is 412 g/mol. The van der Waals surface area contributed by atoms with Crippen molar-refractivity contribution in [1.82, 2.24) is 9.47 Å². The molecule has 0 bridgehead atoms. The monoisotopic (exact) mass is 438 g/mol. The number of hydrogen-bond acceptors (Lipinski definition) is 6. The summed E-state index contributed by atoms with van der Waals surface area (Å²) in [7, 11) is 1.38. The standard InChI is InChI=1S/C24H26N2O6/c1-14-7-8-26(15-5-6-16-17(9-15)32-13-31-16)21(28)19(14)20(27)25-10-18-23(2,3)11-24(18,12-25)22(29)30-4/h5-9,18H,10-13H2,1-4H3/t18-,24+/m1/s1. The highest BCUT2D eigenvalue weighted by atomic mass is 16.7. The Morgan fingerprint density at radius 2 is 1.91 bits per heavy atom. The molecule has 0 spiro atoms. The van der Waals surface area contributed by atoms with Crippen LogP contribution in [0.1, 0.15) is 36.2 Å². The molecule has 1 aliphatic carbocycles. The number of rotatable bonds is 3. The van der Waals surface area contributed by atoms with Gasteiger partial charge in [0.1, 0.15) is 5.56 Å². The van der Waals surface area contributed by atoms with Gasteiger partial charge < -0.3 is 19.1 Å². The zero-order valence-electron chi connectivity index (χ0n) is 18.6. The Morgan fingerprint density at radius 3 is 2.62 bits per heavy atom. The van der Waals surface area contributed by atoms with Crippen LogP contribution in [0.2, 0.25) is 0 Å². The first kappa shape index (κ1) is 20.6. The lowest BCUT2D eigenvalue weighted by atomic mass is 9.48. The van der Waals surface area contributed by atoms with Crippen molar-refractivity contribution in [3.8, 4) is 17.2 Å². The molecule has 1 saturated heterocycles. The van der Waals surface area contributed by atoms with Crippen LogP contribution >= 0.6 is 0 Å². The topological polar surface area (TPSA) is 87.1 Å². The van der Waals surface area contributed by atoms with E-state index in [9.17, 15) is 14.4 Å². The molecule has 0 radical (unpaired) electrons. The molecule has 1 aromatic heterocycles. The van der Waals surface area contributed by atoms with Crippen molar-refractivity contribution in [2.75, 3.05) is 27.0 Å². The molecule has 32 heavy (non-hydrogen) atoms. The van der Waals surface area contributed by atoms with E-state index in [-0.39, 0.29) is 42.1 Å². The molecule has 0 unspecified atom stereocenters. The molecule has 8 nitrogen and oxygen atoms in total. The van der Waals surface area contributed by atoms with E-state index < -0.39 is 11.0 Å². The van der Waals surface area contributed by atoms with Gasteiger partial charge in [0.25, 0.3) is 11.5 Å². The molecule has 8 heteroatoms. The molecule has 0 N–H and O–H groups in total. The predicted octanol–water partition coefficient (Wildman–Crippen LogP) is 2.54. The molecule has 3 heterocycles. The number of aryl methyl sites for hydroxylation is 1. The maximum Gasteiger partial charge on any atom is 0.314 e. The van der Waals surface area contributed by atoms with E-state index in [1.165, 1.54) is 11.7 Å². The minimum Gasteiger partial charge on any atom is -0.469 e. The molecule has 2 aliphatic heterocycles. The van der Waals surface area contributed by atoms with Crippen LogP contribution in [-0.4, -0.2) is 48.3 Å². The Labute approximate surface area is 185 Å². The highest BCUT2D eigenvalue weighted by Crippen LogP contribution is 2.63. The van der Waals surface area contributed by atoms with Gasteiger partial charge in [0, 0.05) is 25.4 Å². The first-order valence-electron chi connectivity index (χ1n) is 10.7. The van der Waals surface area contributed by atoms with Crippen LogP contribution < -0.4 is 15.0 Å². The second-order valence-electron chi connectivity index (χ2n) is 9.64. The van der Waals surface area contributed by atoms with Crippen molar-refractivity contribution in [2.45, 2.75) is 27.2 Å². The van der Waals surface area contributed by atoms with Gasteiger partial charge in [-0.25, -0.2) is 0 Å². The van der Waals surface area contributed by atoms with Crippen molar-refractivity contribution in [2.24, 2.45) is 16.7 Å². The summed E-state index contributed by atoms with van der Waals surface area (Å²) in [5, 5.41) is 0. The van der Waals surface area contributed by atoms with E-state index >= 15 is 0 Å². The molecule has 1 saturated carbocycles. The number of amides is 1. The number of pyridine rings is 1. The van der Waals surface area contributed by atoms with Crippen LogP contribution in [0.3, 0.4) is 0 Å². The largest absolute Gasteiger partial charge is 0.469 e. The number of carbonyl (C=O) groups is 2. The number of methoxy groups -OCH3 is 1. The Kier molecular flexibility index (Phi) is 4.41. The summed E-state index contributed by atoms with van der Waals surface area (Å²) in [5.41, 5.74) is 0.141. The second kappa shape index (κ2) is 6.85. The summed E-state index contributed by atoms with van der Waals surface area (Å²) in [4.78, 5) is 41.2. The lowest BCUT2D eigenvalue weighted by molar-refractivity contribution is -0.174. The molecule has 1 amide bonds. The SMILES string of the molecule is COC(=O)[C@@]12CN(C(=O)c3c(C)ccn(-c4ccc5c(c4)OCO5)c3=O)C[C@@H]1C(C)(C)C2. The van der Waals surface area contributed by atoms with E-state index in [1.54, 1.807) is 42.3 Å². The van der Waals surface area contributed by atoms with Gasteiger partial charge in [-0.05, 0) is 48.4 Å². The summed E-state index contributed by atoms with van der Waals surface area (Å²) in [6, 6.07) is 6.97. The van der Waals surface area contributed by atoms with Gasteiger partial charge in [0.05, 0.1) is 18.2 Å². The van der Waals surface area contributed by atoms with E-state index in [1.807, 2.05) is 0 Å². The molecule has 2 fully saturated rings. The highest BCUT2D eigenvalue weighted by molar-refractivity contribution is 5.96. The third-order valence-electron chi connectivity index (χ3n) is 7.29. The summed E-state index contributed by atoms with van der Waals surface area (Å²) >= 11 is 0. The van der Waals surface area contributed by atoms with Crippen molar-refractivity contribution in [3.05, 3.63) is 51.9 Å². The zero-order chi connectivity index (χ0) is 22.8. The van der Waals surface area contributed by atoms with Gasteiger partial charge in [0.2, 0.25) is 6.79 Å². The van der Waals surface area contributed by atoms with E-state index in [2.05, 4.69) is 13.8 Å². The number of likely N-dealkylation sites (tertiary alicyclic amines) is 1. The van der Waals surface area contributed by atoms with Crippen molar-refractivity contribution < 1.29 is 23.8 Å². The molecule has 2 aromatic rings. The Morgan fingerprint density at radius 1 is 1.16 bits per heavy atom. The third-order valence-corrected chi connectivity index (χ3v) is 7.29. The van der Waals surface area contributed by atoms with Gasteiger partial charge in [-0.15, -0.1) is 0 Å². The molecule has 5 rings (SSSR count). The van der Waals surface area contributed by atoms with Crippen LogP contribution in [0.25, 0.3) is 5.69 Å².